The molecular weight excluding hydrogens is 347 g/mol. The molecule has 0 bridgehead atoms. The van der Waals surface area contributed by atoms with Crippen molar-refractivity contribution in [3.05, 3.63) is 72.3 Å². The highest BCUT2D eigenvalue weighted by Gasteiger charge is 2.13. The molecule has 2 aromatic carbocycles. The molecule has 0 unspecified atom stereocenters. The number of benzene rings is 2. The zero-order chi connectivity index (χ0) is 19.2. The normalized spacial score (nSPS) is 10.5. The Morgan fingerprint density at radius 2 is 1.74 bits per heavy atom. The van der Waals surface area contributed by atoms with Crippen molar-refractivity contribution in [2.24, 2.45) is 0 Å². The fourth-order valence-corrected chi connectivity index (χ4v) is 2.34. The van der Waals surface area contributed by atoms with E-state index in [4.69, 9.17) is 4.74 Å². The van der Waals surface area contributed by atoms with Gasteiger partial charge in [0.2, 0.25) is 5.95 Å². The number of nitrogens with zero attached hydrogens (tertiary/aromatic N) is 2. The Bertz CT molecular complexity index is 947. The predicted octanol–water partition coefficient (Wildman–Crippen LogP) is 4.40. The number of carbonyl (C=O) groups excluding carboxylic acids is 1. The molecule has 3 rings (SSSR count). The van der Waals surface area contributed by atoms with Crippen LogP contribution < -0.4 is 15.4 Å². The van der Waals surface area contributed by atoms with Gasteiger partial charge in [0, 0.05) is 6.20 Å². The molecule has 0 spiro atoms. The Morgan fingerprint density at radius 1 is 1.04 bits per heavy atom. The van der Waals surface area contributed by atoms with Crippen molar-refractivity contribution in [3.8, 4) is 5.75 Å². The number of halogens is 1. The van der Waals surface area contributed by atoms with Crippen LogP contribution in [-0.4, -0.2) is 22.0 Å². The lowest BCUT2D eigenvalue weighted by atomic mass is 10.2. The van der Waals surface area contributed by atoms with Gasteiger partial charge in [-0.2, -0.15) is 0 Å². The number of rotatable bonds is 6. The number of para-hydroxylation sites is 3. The first-order valence-electron chi connectivity index (χ1n) is 8.44. The molecular formula is C20H19FN4O2. The number of nitrogens with one attached hydrogen (secondary N) is 2. The number of carbonyl (C=O) groups is 1. The topological polar surface area (TPSA) is 76.1 Å². The van der Waals surface area contributed by atoms with Crippen LogP contribution in [0.15, 0.2) is 60.8 Å². The molecule has 2 N–H and O–H groups in total. The van der Waals surface area contributed by atoms with Crippen molar-refractivity contribution in [2.45, 2.75) is 20.0 Å². The van der Waals surface area contributed by atoms with Crippen LogP contribution in [0.4, 0.5) is 21.7 Å². The van der Waals surface area contributed by atoms with Gasteiger partial charge in [-0.1, -0.05) is 24.3 Å². The smallest absolute Gasteiger partial charge is 0.274 e. The third-order valence-electron chi connectivity index (χ3n) is 3.51. The van der Waals surface area contributed by atoms with Gasteiger partial charge < -0.3 is 15.4 Å². The minimum Gasteiger partial charge on any atom is -0.489 e. The molecule has 138 valence electrons. The van der Waals surface area contributed by atoms with Crippen molar-refractivity contribution in [3.63, 3.8) is 0 Å². The molecule has 0 radical (unpaired) electrons. The van der Waals surface area contributed by atoms with Crippen molar-refractivity contribution in [2.75, 3.05) is 10.6 Å². The second-order valence-corrected chi connectivity index (χ2v) is 5.99. The van der Waals surface area contributed by atoms with Crippen molar-refractivity contribution in [1.29, 1.82) is 0 Å². The van der Waals surface area contributed by atoms with Gasteiger partial charge >= 0.3 is 0 Å². The fraction of sp³-hybridized carbons (Fsp3) is 0.150. The van der Waals surface area contributed by atoms with E-state index >= 15 is 0 Å². The molecule has 0 aliphatic heterocycles. The molecule has 0 saturated heterocycles. The van der Waals surface area contributed by atoms with Crippen LogP contribution in [-0.2, 0) is 0 Å². The number of anilines is 3. The average Bonchev–Trinajstić information content (AvgIpc) is 2.65. The van der Waals surface area contributed by atoms with Crippen molar-refractivity contribution < 1.29 is 13.9 Å². The molecule has 0 atom stereocenters. The highest BCUT2D eigenvalue weighted by atomic mass is 19.1. The Hall–Kier alpha value is -3.48. The maximum absolute atomic E-state index is 13.8. The minimum absolute atomic E-state index is 0.0290. The predicted molar refractivity (Wildman–Crippen MR) is 102 cm³/mol. The van der Waals surface area contributed by atoms with Crippen LogP contribution in [0.25, 0.3) is 0 Å². The summed E-state index contributed by atoms with van der Waals surface area (Å²) in [4.78, 5) is 20.7. The van der Waals surface area contributed by atoms with E-state index in [0.29, 0.717) is 11.4 Å². The Balaban J connectivity index is 1.77. The van der Waals surface area contributed by atoms with E-state index in [9.17, 15) is 9.18 Å². The van der Waals surface area contributed by atoms with Crippen LogP contribution in [0, 0.1) is 5.82 Å². The number of hydrogen-bond acceptors (Lipinski definition) is 5. The third-order valence-corrected chi connectivity index (χ3v) is 3.51. The molecule has 0 aliphatic carbocycles. The van der Waals surface area contributed by atoms with E-state index in [1.165, 1.54) is 18.3 Å². The summed E-state index contributed by atoms with van der Waals surface area (Å²) in [6, 6.07) is 14.8. The van der Waals surface area contributed by atoms with Crippen LogP contribution >= 0.6 is 0 Å². The molecule has 1 heterocycles. The molecule has 1 amide bonds. The first-order chi connectivity index (χ1) is 13.0. The largest absolute Gasteiger partial charge is 0.489 e. The van der Waals surface area contributed by atoms with Gasteiger partial charge in [0.1, 0.15) is 17.3 Å². The fourth-order valence-electron chi connectivity index (χ4n) is 2.34. The maximum atomic E-state index is 13.8. The molecule has 0 fully saturated rings. The summed E-state index contributed by atoms with van der Waals surface area (Å²) < 4.78 is 19.5. The molecule has 0 saturated carbocycles. The van der Waals surface area contributed by atoms with E-state index in [1.807, 2.05) is 19.9 Å². The number of amides is 1. The second kappa shape index (κ2) is 8.27. The van der Waals surface area contributed by atoms with E-state index in [0.717, 1.165) is 0 Å². The zero-order valence-corrected chi connectivity index (χ0v) is 14.9. The molecule has 6 nitrogen and oxygen atoms in total. The van der Waals surface area contributed by atoms with E-state index < -0.39 is 11.7 Å². The van der Waals surface area contributed by atoms with Gasteiger partial charge in [0.15, 0.2) is 0 Å². The SMILES string of the molecule is CC(C)Oc1ccccc1NC(=O)c1ccnc(Nc2ccccc2F)n1. The molecule has 7 heteroatoms. The quantitative estimate of drug-likeness (QED) is 0.676. The summed E-state index contributed by atoms with van der Waals surface area (Å²) in [5.74, 6) is -0.163. The lowest BCUT2D eigenvalue weighted by Crippen LogP contribution is -2.16. The summed E-state index contributed by atoms with van der Waals surface area (Å²) in [7, 11) is 0. The van der Waals surface area contributed by atoms with Crippen LogP contribution in [0.3, 0.4) is 0 Å². The Kier molecular flexibility index (Phi) is 5.61. The van der Waals surface area contributed by atoms with E-state index in [1.54, 1.807) is 36.4 Å². The van der Waals surface area contributed by atoms with Gasteiger partial charge in [-0.3, -0.25) is 4.79 Å². The van der Waals surface area contributed by atoms with Crippen molar-refractivity contribution >= 4 is 23.2 Å². The monoisotopic (exact) mass is 366 g/mol. The summed E-state index contributed by atoms with van der Waals surface area (Å²) in [5, 5.41) is 5.55. The number of hydrogen-bond donors (Lipinski definition) is 2. The summed E-state index contributed by atoms with van der Waals surface area (Å²) >= 11 is 0. The lowest BCUT2D eigenvalue weighted by molar-refractivity contribution is 0.102. The van der Waals surface area contributed by atoms with E-state index in [2.05, 4.69) is 20.6 Å². The Morgan fingerprint density at radius 3 is 2.48 bits per heavy atom. The molecule has 1 aromatic heterocycles. The summed E-state index contributed by atoms with van der Waals surface area (Å²) in [6.07, 6.45) is 1.40. The minimum atomic E-state index is -0.435. The summed E-state index contributed by atoms with van der Waals surface area (Å²) in [6.45, 7) is 3.81. The second-order valence-electron chi connectivity index (χ2n) is 5.99. The Labute approximate surface area is 156 Å². The van der Waals surface area contributed by atoms with Gasteiger partial charge in [-0.05, 0) is 44.2 Å². The third kappa shape index (κ3) is 4.78. The van der Waals surface area contributed by atoms with E-state index in [-0.39, 0.29) is 23.4 Å². The van der Waals surface area contributed by atoms with Crippen LogP contribution in [0.5, 0.6) is 5.75 Å². The number of ether oxygens (including phenoxy) is 1. The maximum Gasteiger partial charge on any atom is 0.274 e. The van der Waals surface area contributed by atoms with Crippen molar-refractivity contribution in [1.82, 2.24) is 9.97 Å². The highest BCUT2D eigenvalue weighted by molar-refractivity contribution is 6.03. The van der Waals surface area contributed by atoms with Gasteiger partial charge in [0.05, 0.1) is 17.5 Å². The summed E-state index contributed by atoms with van der Waals surface area (Å²) in [5.41, 5.74) is 0.910. The van der Waals surface area contributed by atoms with Gasteiger partial charge in [0.25, 0.3) is 5.91 Å². The molecule has 3 aromatic rings. The standard InChI is InChI=1S/C20H19FN4O2/c1-13(2)27-18-10-6-5-9-16(18)23-19(26)17-11-12-22-20(25-17)24-15-8-4-3-7-14(15)21/h3-13H,1-2H3,(H,23,26)(H,22,24,25). The lowest BCUT2D eigenvalue weighted by Gasteiger charge is -2.14. The first kappa shape index (κ1) is 18.3. The first-order valence-corrected chi connectivity index (χ1v) is 8.44. The number of aromatic nitrogens is 2. The average molecular weight is 366 g/mol. The van der Waals surface area contributed by atoms with Crippen LogP contribution in [0.1, 0.15) is 24.3 Å². The zero-order valence-electron chi connectivity index (χ0n) is 14.9. The van der Waals surface area contributed by atoms with Crippen LogP contribution in [0.2, 0.25) is 0 Å². The highest BCUT2D eigenvalue weighted by Crippen LogP contribution is 2.25. The van der Waals surface area contributed by atoms with Gasteiger partial charge in [-0.25, -0.2) is 14.4 Å². The molecule has 27 heavy (non-hydrogen) atoms. The van der Waals surface area contributed by atoms with Gasteiger partial charge in [-0.15, -0.1) is 0 Å². The molecule has 0 aliphatic rings.